The number of aryl methyl sites for hydroxylation is 2. The molecule has 1 amide bonds. The van der Waals surface area contributed by atoms with Gasteiger partial charge in [-0.05, 0) is 90.4 Å². The van der Waals surface area contributed by atoms with Crippen LogP contribution < -0.4 is 5.32 Å². The first kappa shape index (κ1) is 30.8. The van der Waals surface area contributed by atoms with Gasteiger partial charge in [-0.3, -0.25) is 9.59 Å². The molecule has 0 saturated heterocycles. The summed E-state index contributed by atoms with van der Waals surface area (Å²) >= 11 is 0. The molecule has 9 heteroatoms. The third-order valence-corrected chi connectivity index (χ3v) is 7.49. The second kappa shape index (κ2) is 12.4. The molecule has 4 aromatic rings. The van der Waals surface area contributed by atoms with Crippen LogP contribution in [-0.4, -0.2) is 30.1 Å². The van der Waals surface area contributed by atoms with Crippen molar-refractivity contribution in [1.82, 2.24) is 9.88 Å². The van der Waals surface area contributed by atoms with E-state index in [0.717, 1.165) is 23.3 Å². The molecule has 5 nitrogen and oxygen atoms in total. The molecule has 42 heavy (non-hydrogen) atoms. The molecule has 1 aromatic heterocycles. The molecule has 1 unspecified atom stereocenters. The molecule has 1 heterocycles. The SMILES string of the molecule is COC(=O)CCNC(=O)c1ccc(C(CC(C)C)n2ccc3c(C)c(-c4ccc(C(F)(F)F)cc4C)cc(F)c32)cc1. The zero-order valence-electron chi connectivity index (χ0n) is 24.2. The van der Waals surface area contributed by atoms with Gasteiger partial charge in [-0.15, -0.1) is 0 Å². The van der Waals surface area contributed by atoms with E-state index in [2.05, 4.69) is 23.9 Å². The number of esters is 1. The van der Waals surface area contributed by atoms with Crippen LogP contribution in [0.15, 0.2) is 60.8 Å². The van der Waals surface area contributed by atoms with Crippen LogP contribution in [0.1, 0.15) is 65.3 Å². The van der Waals surface area contributed by atoms with Gasteiger partial charge in [-0.1, -0.05) is 32.0 Å². The number of nitrogens with one attached hydrogen (secondary N) is 1. The zero-order valence-corrected chi connectivity index (χ0v) is 24.2. The number of fused-ring (bicyclic) bond motifs is 1. The van der Waals surface area contributed by atoms with E-state index in [1.54, 1.807) is 19.1 Å². The van der Waals surface area contributed by atoms with Crippen molar-refractivity contribution in [2.45, 2.75) is 52.8 Å². The average molecular weight is 583 g/mol. The van der Waals surface area contributed by atoms with Crippen LogP contribution in [0.4, 0.5) is 17.6 Å². The van der Waals surface area contributed by atoms with Crippen LogP contribution in [0.3, 0.4) is 0 Å². The molecule has 0 aliphatic carbocycles. The third-order valence-electron chi connectivity index (χ3n) is 7.49. The van der Waals surface area contributed by atoms with Gasteiger partial charge in [0.15, 0.2) is 0 Å². The maximum Gasteiger partial charge on any atom is 0.416 e. The largest absolute Gasteiger partial charge is 0.469 e. The van der Waals surface area contributed by atoms with E-state index < -0.39 is 23.5 Å². The lowest BCUT2D eigenvalue weighted by Crippen LogP contribution is -2.26. The topological polar surface area (TPSA) is 60.3 Å². The molecular weight excluding hydrogens is 548 g/mol. The number of benzene rings is 3. The first-order valence-corrected chi connectivity index (χ1v) is 13.7. The first-order chi connectivity index (χ1) is 19.8. The highest BCUT2D eigenvalue weighted by Crippen LogP contribution is 2.39. The van der Waals surface area contributed by atoms with E-state index in [9.17, 15) is 22.8 Å². The van der Waals surface area contributed by atoms with Gasteiger partial charge in [-0.25, -0.2) is 4.39 Å². The Kier molecular flexibility index (Phi) is 9.09. The van der Waals surface area contributed by atoms with E-state index in [1.165, 1.54) is 19.2 Å². The second-order valence-corrected chi connectivity index (χ2v) is 10.9. The molecule has 4 rings (SSSR count). The standard InChI is InChI=1S/C33H34F4N2O3/c1-19(2)16-29(22-6-8-23(9-7-22)32(41)38-14-12-30(40)42-5)39-15-13-26-21(4)27(18-28(34)31(26)39)25-11-10-24(17-20(25)3)33(35,36)37/h6-11,13,15,17-19,29H,12,14,16H2,1-5H3,(H,38,41). The molecule has 0 spiro atoms. The zero-order chi connectivity index (χ0) is 30.8. The van der Waals surface area contributed by atoms with Gasteiger partial charge >= 0.3 is 12.1 Å². The minimum Gasteiger partial charge on any atom is -0.469 e. The molecule has 0 aliphatic heterocycles. The number of halogens is 4. The highest BCUT2D eigenvalue weighted by Gasteiger charge is 2.31. The fourth-order valence-electron chi connectivity index (χ4n) is 5.33. The van der Waals surface area contributed by atoms with E-state index in [0.29, 0.717) is 39.6 Å². The Balaban J connectivity index is 1.69. The Bertz CT molecular complexity index is 1600. The number of amides is 1. The molecule has 3 aromatic carbocycles. The lowest BCUT2D eigenvalue weighted by Gasteiger charge is -2.24. The number of aromatic nitrogens is 1. The fraction of sp³-hybridized carbons (Fsp3) is 0.333. The number of hydrogen-bond acceptors (Lipinski definition) is 3. The van der Waals surface area contributed by atoms with Gasteiger partial charge < -0.3 is 14.6 Å². The number of nitrogens with zero attached hydrogens (tertiary/aromatic N) is 1. The minimum atomic E-state index is -4.46. The maximum atomic E-state index is 15.9. The van der Waals surface area contributed by atoms with E-state index >= 15 is 4.39 Å². The van der Waals surface area contributed by atoms with Crippen molar-refractivity contribution < 1.29 is 31.9 Å². The smallest absolute Gasteiger partial charge is 0.416 e. The van der Waals surface area contributed by atoms with E-state index in [1.807, 2.05) is 35.9 Å². The van der Waals surface area contributed by atoms with Crippen LogP contribution in [0.5, 0.6) is 0 Å². The van der Waals surface area contributed by atoms with Gasteiger partial charge in [0, 0.05) is 23.7 Å². The highest BCUT2D eigenvalue weighted by atomic mass is 19.4. The minimum absolute atomic E-state index is 0.0720. The maximum absolute atomic E-state index is 15.9. The predicted octanol–water partition coefficient (Wildman–Crippen LogP) is 8.01. The Labute approximate surface area is 242 Å². The van der Waals surface area contributed by atoms with Crippen molar-refractivity contribution in [2.24, 2.45) is 5.92 Å². The highest BCUT2D eigenvalue weighted by molar-refractivity contribution is 5.94. The molecule has 222 valence electrons. The monoisotopic (exact) mass is 582 g/mol. The van der Waals surface area contributed by atoms with Crippen molar-refractivity contribution in [2.75, 3.05) is 13.7 Å². The van der Waals surface area contributed by atoms with Gasteiger partial charge in [0.05, 0.1) is 30.7 Å². The van der Waals surface area contributed by atoms with Crippen molar-refractivity contribution >= 4 is 22.8 Å². The lowest BCUT2D eigenvalue weighted by atomic mass is 9.92. The summed E-state index contributed by atoms with van der Waals surface area (Å²) < 4.78 is 62.0. The summed E-state index contributed by atoms with van der Waals surface area (Å²) in [6, 6.07) is 13.6. The van der Waals surface area contributed by atoms with E-state index in [4.69, 9.17) is 0 Å². The van der Waals surface area contributed by atoms with Gasteiger partial charge in [0.1, 0.15) is 5.82 Å². The van der Waals surface area contributed by atoms with Crippen LogP contribution in [0, 0.1) is 25.6 Å². The average Bonchev–Trinajstić information content (AvgIpc) is 3.39. The first-order valence-electron chi connectivity index (χ1n) is 13.7. The number of ether oxygens (including phenoxy) is 1. The Morgan fingerprint density at radius 1 is 0.976 bits per heavy atom. The van der Waals surface area contributed by atoms with Crippen molar-refractivity contribution in [3.05, 3.63) is 94.4 Å². The Morgan fingerprint density at radius 2 is 1.67 bits per heavy atom. The molecular formula is C33H34F4N2O3. The summed E-state index contributed by atoms with van der Waals surface area (Å²) in [6.07, 6.45) is -1.84. The summed E-state index contributed by atoms with van der Waals surface area (Å²) in [5, 5.41) is 3.37. The third kappa shape index (κ3) is 6.50. The number of hydrogen-bond donors (Lipinski definition) is 1. The molecule has 0 aliphatic rings. The van der Waals surface area contributed by atoms with Crippen LogP contribution in [0.2, 0.25) is 0 Å². The van der Waals surface area contributed by atoms with E-state index in [-0.39, 0.29) is 30.8 Å². The summed E-state index contributed by atoms with van der Waals surface area (Å²) in [5.74, 6) is -0.924. The molecule has 0 fully saturated rings. The van der Waals surface area contributed by atoms with Gasteiger partial charge in [0.25, 0.3) is 5.91 Å². The molecule has 0 saturated carbocycles. The predicted molar refractivity (Wildman–Crippen MR) is 155 cm³/mol. The van der Waals surface area contributed by atoms with Crippen molar-refractivity contribution in [3.8, 4) is 11.1 Å². The van der Waals surface area contributed by atoms with Crippen molar-refractivity contribution in [1.29, 1.82) is 0 Å². The van der Waals surface area contributed by atoms with Crippen molar-refractivity contribution in [3.63, 3.8) is 0 Å². The number of rotatable bonds is 9. The number of alkyl halides is 3. The van der Waals surface area contributed by atoms with Gasteiger partial charge in [0.2, 0.25) is 0 Å². The Morgan fingerprint density at radius 3 is 2.26 bits per heavy atom. The molecule has 0 bridgehead atoms. The molecule has 1 atom stereocenters. The number of carbonyl (C=O) groups is 2. The number of carbonyl (C=O) groups excluding carboxylic acids is 2. The Hall–Kier alpha value is -4.14. The van der Waals surface area contributed by atoms with Crippen LogP contribution >= 0.6 is 0 Å². The number of methoxy groups -OCH3 is 1. The van der Waals surface area contributed by atoms with Gasteiger partial charge in [-0.2, -0.15) is 13.2 Å². The molecule has 1 N–H and O–H groups in total. The summed E-state index contributed by atoms with van der Waals surface area (Å²) in [5.41, 5.74) is 3.29. The fourth-order valence-corrected chi connectivity index (χ4v) is 5.33. The van der Waals surface area contributed by atoms with Crippen LogP contribution in [0.25, 0.3) is 22.0 Å². The quantitative estimate of drug-likeness (QED) is 0.161. The summed E-state index contributed by atoms with van der Waals surface area (Å²) in [7, 11) is 1.29. The van der Waals surface area contributed by atoms with Crippen LogP contribution in [-0.2, 0) is 15.7 Å². The summed E-state index contributed by atoms with van der Waals surface area (Å²) in [6.45, 7) is 7.76. The normalized spacial score (nSPS) is 12.5. The second-order valence-electron chi connectivity index (χ2n) is 10.9. The summed E-state index contributed by atoms with van der Waals surface area (Å²) in [4.78, 5) is 23.8. The lowest BCUT2D eigenvalue weighted by molar-refractivity contribution is -0.140. The molecule has 0 radical (unpaired) electrons.